The molecule has 2 aromatic rings. The number of anilines is 1. The molecule has 1 amide bonds. The zero-order chi connectivity index (χ0) is 17.0. The lowest BCUT2D eigenvalue weighted by atomic mass is 10.2. The van der Waals surface area contributed by atoms with Gasteiger partial charge >= 0.3 is 10.8 Å². The van der Waals surface area contributed by atoms with E-state index in [1.165, 1.54) is 16.4 Å². The Bertz CT molecular complexity index is 751. The van der Waals surface area contributed by atoms with Crippen molar-refractivity contribution in [1.82, 2.24) is 4.57 Å². The Morgan fingerprint density at radius 1 is 1.30 bits per heavy atom. The Labute approximate surface area is 137 Å². The highest BCUT2D eigenvalue weighted by Crippen LogP contribution is 2.13. The first kappa shape index (κ1) is 17.0. The molecule has 122 valence electrons. The minimum absolute atomic E-state index is 0.194. The number of aryl methyl sites for hydroxylation is 1. The minimum atomic E-state index is -0.928. The molecule has 23 heavy (non-hydrogen) atoms. The first-order valence-corrected chi connectivity index (χ1v) is 7.95. The average molecular weight is 334 g/mol. The molecule has 1 aromatic heterocycles. The van der Waals surface area contributed by atoms with Gasteiger partial charge in [-0.3, -0.25) is 19.0 Å². The second kappa shape index (κ2) is 7.23. The summed E-state index contributed by atoms with van der Waals surface area (Å²) in [5.74, 6) is -0.949. The fourth-order valence-corrected chi connectivity index (χ4v) is 2.80. The van der Waals surface area contributed by atoms with Crippen LogP contribution in [0.25, 0.3) is 0 Å². The first-order chi connectivity index (χ1) is 10.9. The summed E-state index contributed by atoms with van der Waals surface area (Å²) >= 11 is 1.02. The summed E-state index contributed by atoms with van der Waals surface area (Å²) in [7, 11) is 1.62. The van der Waals surface area contributed by atoms with Crippen LogP contribution in [-0.2, 0) is 20.9 Å². The van der Waals surface area contributed by atoms with Crippen LogP contribution >= 0.6 is 11.3 Å². The molecule has 1 atom stereocenters. The van der Waals surface area contributed by atoms with E-state index in [-0.39, 0.29) is 17.3 Å². The number of benzene rings is 1. The van der Waals surface area contributed by atoms with Crippen molar-refractivity contribution in [2.45, 2.75) is 26.5 Å². The molecule has 2 rings (SSSR count). The van der Waals surface area contributed by atoms with E-state index in [2.05, 4.69) is 0 Å². The molecule has 0 aliphatic carbocycles. The molecule has 6 nitrogen and oxygen atoms in total. The van der Waals surface area contributed by atoms with E-state index in [1.54, 1.807) is 31.5 Å². The number of carbonyl (C=O) groups excluding carboxylic acids is 2. The number of nitrogens with zero attached hydrogens (tertiary/aromatic N) is 2. The standard InChI is InChI=1S/C16H18N2O4S/c1-11-10-23-16(21)18(11)9-14(19)22-12(2)15(20)17(3)13-7-5-4-6-8-13/h4-8,10,12H,9H2,1-3H3/t12-/m1/s1. The quantitative estimate of drug-likeness (QED) is 0.782. The highest BCUT2D eigenvalue weighted by Gasteiger charge is 2.23. The summed E-state index contributed by atoms with van der Waals surface area (Å²) in [6.07, 6.45) is -0.928. The van der Waals surface area contributed by atoms with Crippen molar-refractivity contribution >= 4 is 28.9 Å². The average Bonchev–Trinajstić information content (AvgIpc) is 2.86. The summed E-state index contributed by atoms with van der Waals surface area (Å²) in [5, 5.41) is 1.67. The molecule has 0 fully saturated rings. The van der Waals surface area contributed by atoms with Gasteiger partial charge in [0.15, 0.2) is 6.10 Å². The number of hydrogen-bond donors (Lipinski definition) is 0. The maximum Gasteiger partial charge on any atom is 0.326 e. The van der Waals surface area contributed by atoms with Crippen LogP contribution < -0.4 is 9.77 Å². The number of amides is 1. The molecule has 0 radical (unpaired) electrons. The summed E-state index contributed by atoms with van der Waals surface area (Å²) in [4.78, 5) is 37.0. The molecule has 1 aromatic carbocycles. The van der Waals surface area contributed by atoms with Gasteiger partial charge in [-0.25, -0.2) is 0 Å². The van der Waals surface area contributed by atoms with Gasteiger partial charge in [-0.05, 0) is 26.0 Å². The van der Waals surface area contributed by atoms with Gasteiger partial charge in [0, 0.05) is 23.8 Å². The minimum Gasteiger partial charge on any atom is -0.451 e. The van der Waals surface area contributed by atoms with E-state index >= 15 is 0 Å². The fourth-order valence-electron chi connectivity index (χ4n) is 2.06. The largest absolute Gasteiger partial charge is 0.451 e. The molecular formula is C16H18N2O4S. The van der Waals surface area contributed by atoms with Crippen LogP contribution in [0.5, 0.6) is 0 Å². The number of ether oxygens (including phenoxy) is 1. The zero-order valence-electron chi connectivity index (χ0n) is 13.2. The maximum atomic E-state index is 12.3. The normalized spacial score (nSPS) is 11.8. The molecule has 7 heteroatoms. The monoisotopic (exact) mass is 334 g/mol. The number of hydrogen-bond acceptors (Lipinski definition) is 5. The van der Waals surface area contributed by atoms with Gasteiger partial charge in [0.25, 0.3) is 5.91 Å². The number of carbonyl (C=O) groups is 2. The smallest absolute Gasteiger partial charge is 0.326 e. The van der Waals surface area contributed by atoms with Crippen LogP contribution in [-0.4, -0.2) is 29.6 Å². The Kier molecular flexibility index (Phi) is 5.33. The third-order valence-corrected chi connectivity index (χ3v) is 4.27. The Morgan fingerprint density at radius 3 is 2.52 bits per heavy atom. The van der Waals surface area contributed by atoms with Crippen molar-refractivity contribution in [3.8, 4) is 0 Å². The van der Waals surface area contributed by atoms with E-state index in [0.29, 0.717) is 11.4 Å². The van der Waals surface area contributed by atoms with Crippen LogP contribution in [0.2, 0.25) is 0 Å². The van der Waals surface area contributed by atoms with Gasteiger partial charge < -0.3 is 9.64 Å². The second-order valence-electron chi connectivity index (χ2n) is 5.09. The van der Waals surface area contributed by atoms with E-state index < -0.39 is 12.1 Å². The third-order valence-electron chi connectivity index (χ3n) is 3.39. The van der Waals surface area contributed by atoms with Gasteiger partial charge in [-0.15, -0.1) is 0 Å². The zero-order valence-corrected chi connectivity index (χ0v) is 14.0. The SMILES string of the molecule is Cc1csc(=O)n1CC(=O)O[C@H](C)C(=O)N(C)c1ccccc1. The van der Waals surface area contributed by atoms with E-state index in [9.17, 15) is 14.4 Å². The van der Waals surface area contributed by atoms with E-state index in [0.717, 1.165) is 11.3 Å². The molecule has 0 N–H and O–H groups in total. The van der Waals surface area contributed by atoms with Crippen molar-refractivity contribution in [2.75, 3.05) is 11.9 Å². The lowest BCUT2D eigenvalue weighted by Gasteiger charge is -2.21. The van der Waals surface area contributed by atoms with Crippen molar-refractivity contribution in [1.29, 1.82) is 0 Å². The van der Waals surface area contributed by atoms with E-state index in [4.69, 9.17) is 4.74 Å². The summed E-state index contributed by atoms with van der Waals surface area (Å²) in [5.41, 5.74) is 1.41. The number of para-hydroxylation sites is 1. The molecule has 1 heterocycles. The lowest BCUT2D eigenvalue weighted by Crippen LogP contribution is -2.38. The van der Waals surface area contributed by atoms with Gasteiger partial charge in [0.2, 0.25) is 0 Å². The molecule has 0 saturated heterocycles. The third kappa shape index (κ3) is 4.07. The summed E-state index contributed by atoms with van der Waals surface area (Å²) < 4.78 is 6.48. The fraction of sp³-hybridized carbons (Fsp3) is 0.312. The van der Waals surface area contributed by atoms with Gasteiger partial charge in [-0.2, -0.15) is 0 Å². The van der Waals surface area contributed by atoms with Crippen molar-refractivity contribution in [3.05, 3.63) is 51.1 Å². The number of esters is 1. The van der Waals surface area contributed by atoms with E-state index in [1.807, 2.05) is 18.2 Å². The van der Waals surface area contributed by atoms with Gasteiger partial charge in [0.05, 0.1) is 0 Å². The number of rotatable bonds is 5. The maximum absolute atomic E-state index is 12.3. The molecule has 0 aliphatic rings. The highest BCUT2D eigenvalue weighted by molar-refractivity contribution is 7.07. The number of thiazole rings is 1. The van der Waals surface area contributed by atoms with Crippen molar-refractivity contribution in [2.24, 2.45) is 0 Å². The van der Waals surface area contributed by atoms with Gasteiger partial charge in [0.1, 0.15) is 6.54 Å². The molecule has 0 bridgehead atoms. The number of aromatic nitrogens is 1. The van der Waals surface area contributed by atoms with Crippen LogP contribution in [0.4, 0.5) is 5.69 Å². The number of likely N-dealkylation sites (N-methyl/N-ethyl adjacent to an activating group) is 1. The predicted octanol–water partition coefficient (Wildman–Crippen LogP) is 1.81. The van der Waals surface area contributed by atoms with Crippen LogP contribution in [0.3, 0.4) is 0 Å². The highest BCUT2D eigenvalue weighted by atomic mass is 32.1. The summed E-state index contributed by atoms with van der Waals surface area (Å²) in [6, 6.07) is 9.08. The predicted molar refractivity (Wildman–Crippen MR) is 88.7 cm³/mol. The van der Waals surface area contributed by atoms with Crippen molar-refractivity contribution in [3.63, 3.8) is 0 Å². The summed E-state index contributed by atoms with van der Waals surface area (Å²) in [6.45, 7) is 3.06. The topological polar surface area (TPSA) is 68.6 Å². The molecule has 0 unspecified atom stereocenters. The Balaban J connectivity index is 1.98. The molecule has 0 aliphatic heterocycles. The molecular weight excluding hydrogens is 316 g/mol. The van der Waals surface area contributed by atoms with Gasteiger partial charge in [-0.1, -0.05) is 29.5 Å². The van der Waals surface area contributed by atoms with Crippen LogP contribution in [0, 0.1) is 6.92 Å². The van der Waals surface area contributed by atoms with Crippen LogP contribution in [0.1, 0.15) is 12.6 Å². The lowest BCUT2D eigenvalue weighted by molar-refractivity contribution is -0.154. The Hall–Kier alpha value is -2.41. The first-order valence-electron chi connectivity index (χ1n) is 7.07. The van der Waals surface area contributed by atoms with Crippen molar-refractivity contribution < 1.29 is 14.3 Å². The molecule has 0 saturated carbocycles. The van der Waals surface area contributed by atoms with Crippen LogP contribution in [0.15, 0.2) is 40.5 Å². The molecule has 0 spiro atoms. The Morgan fingerprint density at radius 2 is 1.96 bits per heavy atom. The second-order valence-corrected chi connectivity index (χ2v) is 5.91.